The van der Waals surface area contributed by atoms with Crippen LogP contribution in [-0.4, -0.2) is 34.4 Å². The predicted molar refractivity (Wildman–Crippen MR) is 49.3 cm³/mol. The van der Waals surface area contributed by atoms with E-state index in [1.54, 1.807) is 20.8 Å². The molecule has 1 rings (SSSR count). The molecule has 0 radical (unpaired) electrons. The van der Waals surface area contributed by atoms with Crippen LogP contribution in [0.3, 0.4) is 0 Å². The Morgan fingerprint density at radius 1 is 1.50 bits per heavy atom. The van der Waals surface area contributed by atoms with Gasteiger partial charge < -0.3 is 9.84 Å². The second-order valence-corrected chi connectivity index (χ2v) is 4.14. The number of carboxylic acid groups (broad SMARTS) is 1. The number of ether oxygens (including phenoxy) is 1. The number of aliphatic imine (C=N–C) groups is 1. The smallest absolute Gasteiger partial charge is 0.352 e. The number of rotatable bonds is 2. The molecular weight excluding hydrogens is 186 g/mol. The van der Waals surface area contributed by atoms with E-state index < -0.39 is 23.6 Å². The molecule has 0 aliphatic carbocycles. The van der Waals surface area contributed by atoms with Gasteiger partial charge in [0.2, 0.25) is 0 Å². The van der Waals surface area contributed by atoms with Crippen molar-refractivity contribution in [1.82, 2.24) is 0 Å². The minimum absolute atomic E-state index is 0.171. The minimum atomic E-state index is -1.00. The number of hydrogen-bond acceptors (Lipinski definition) is 4. The van der Waals surface area contributed by atoms with E-state index in [1.807, 2.05) is 0 Å². The highest BCUT2D eigenvalue weighted by Gasteiger charge is 2.34. The highest BCUT2D eigenvalue weighted by molar-refractivity contribution is 6.39. The van der Waals surface area contributed by atoms with Gasteiger partial charge in [0.05, 0.1) is 0 Å². The number of hydrogen-bond donors (Lipinski definition) is 1. The van der Waals surface area contributed by atoms with Crippen LogP contribution >= 0.6 is 0 Å². The van der Waals surface area contributed by atoms with Crippen LogP contribution in [0, 0.1) is 0 Å². The zero-order chi connectivity index (χ0) is 10.9. The van der Waals surface area contributed by atoms with Crippen molar-refractivity contribution >= 4 is 17.7 Å². The maximum Gasteiger partial charge on any atom is 0.352 e. The molecule has 0 amide bonds. The molecule has 0 bridgehead atoms. The average Bonchev–Trinajstić information content (AvgIpc) is 1.75. The fraction of sp³-hybridized carbons (Fsp3) is 0.667. The second-order valence-electron chi connectivity index (χ2n) is 4.14. The van der Waals surface area contributed by atoms with Crippen molar-refractivity contribution in [2.24, 2.45) is 4.99 Å². The lowest BCUT2D eigenvalue weighted by Crippen LogP contribution is -2.39. The van der Waals surface area contributed by atoms with Gasteiger partial charge in [-0.1, -0.05) is 0 Å². The molecule has 1 atom stereocenters. The lowest BCUT2D eigenvalue weighted by atomic mass is 10.0. The molecule has 14 heavy (non-hydrogen) atoms. The van der Waals surface area contributed by atoms with Crippen molar-refractivity contribution in [3.8, 4) is 0 Å². The molecule has 1 aliphatic heterocycles. The maximum absolute atomic E-state index is 11.3. The largest absolute Gasteiger partial charge is 0.480 e. The standard InChI is InChI=1S/C9H13NO4/c1-9(2,3)14-8(13)6-4-5(10-6)7(11)12/h5H,4H2,1-3H3,(H,11,12). The third kappa shape index (κ3) is 2.55. The Morgan fingerprint density at radius 2 is 2.00 bits per heavy atom. The van der Waals surface area contributed by atoms with Gasteiger partial charge in [-0.25, -0.2) is 9.59 Å². The molecule has 1 N–H and O–H groups in total. The summed E-state index contributed by atoms with van der Waals surface area (Å²) in [6.07, 6.45) is 0.171. The van der Waals surface area contributed by atoms with E-state index in [9.17, 15) is 9.59 Å². The first kappa shape index (κ1) is 10.7. The Morgan fingerprint density at radius 3 is 2.36 bits per heavy atom. The maximum atomic E-state index is 11.3. The van der Waals surface area contributed by atoms with Crippen molar-refractivity contribution in [3.05, 3.63) is 0 Å². The molecule has 78 valence electrons. The van der Waals surface area contributed by atoms with E-state index in [2.05, 4.69) is 4.99 Å². The van der Waals surface area contributed by atoms with Crippen molar-refractivity contribution < 1.29 is 19.4 Å². The predicted octanol–water partition coefficient (Wildman–Crippen LogP) is 0.626. The van der Waals surface area contributed by atoms with Crippen LogP contribution < -0.4 is 0 Å². The highest BCUT2D eigenvalue weighted by atomic mass is 16.6. The molecule has 0 aromatic heterocycles. The minimum Gasteiger partial charge on any atom is -0.480 e. The van der Waals surface area contributed by atoms with Crippen LogP contribution in [0.25, 0.3) is 0 Å². The van der Waals surface area contributed by atoms with Crippen molar-refractivity contribution in [3.63, 3.8) is 0 Å². The molecule has 5 nitrogen and oxygen atoms in total. The molecule has 0 saturated heterocycles. The van der Waals surface area contributed by atoms with Crippen LogP contribution in [0.5, 0.6) is 0 Å². The van der Waals surface area contributed by atoms with Gasteiger partial charge in [0.1, 0.15) is 11.3 Å². The summed E-state index contributed by atoms with van der Waals surface area (Å²) >= 11 is 0. The van der Waals surface area contributed by atoms with E-state index in [-0.39, 0.29) is 12.1 Å². The number of nitrogens with zero attached hydrogens (tertiary/aromatic N) is 1. The summed E-state index contributed by atoms with van der Waals surface area (Å²) in [4.78, 5) is 25.3. The quantitative estimate of drug-likeness (QED) is 0.661. The van der Waals surface area contributed by atoms with Gasteiger partial charge in [-0.2, -0.15) is 0 Å². The van der Waals surface area contributed by atoms with Crippen molar-refractivity contribution in [1.29, 1.82) is 0 Å². The summed E-state index contributed by atoms with van der Waals surface area (Å²) < 4.78 is 5.01. The highest BCUT2D eigenvalue weighted by Crippen LogP contribution is 2.16. The number of carbonyl (C=O) groups is 2. The number of carbonyl (C=O) groups excluding carboxylic acids is 1. The van der Waals surface area contributed by atoms with E-state index in [0.29, 0.717) is 0 Å². The summed E-state index contributed by atoms with van der Waals surface area (Å²) in [7, 11) is 0. The fourth-order valence-electron chi connectivity index (χ4n) is 0.973. The van der Waals surface area contributed by atoms with Crippen LogP contribution in [0.4, 0.5) is 0 Å². The van der Waals surface area contributed by atoms with Crippen molar-refractivity contribution in [2.45, 2.75) is 38.8 Å². The van der Waals surface area contributed by atoms with Crippen LogP contribution in [0.1, 0.15) is 27.2 Å². The molecule has 0 aromatic rings. The van der Waals surface area contributed by atoms with Gasteiger partial charge in [-0.15, -0.1) is 0 Å². The summed E-state index contributed by atoms with van der Waals surface area (Å²) in [6.45, 7) is 5.25. The van der Waals surface area contributed by atoms with Crippen molar-refractivity contribution in [2.75, 3.05) is 0 Å². The first-order valence-electron chi connectivity index (χ1n) is 4.32. The molecule has 5 heteroatoms. The van der Waals surface area contributed by atoms with Crippen LogP contribution in [-0.2, 0) is 14.3 Å². The third-order valence-electron chi connectivity index (χ3n) is 1.62. The topological polar surface area (TPSA) is 76.0 Å². The molecule has 0 fully saturated rings. The molecule has 0 saturated carbocycles. The second kappa shape index (κ2) is 3.40. The number of aliphatic carboxylic acids is 1. The van der Waals surface area contributed by atoms with Gasteiger partial charge in [-0.05, 0) is 20.8 Å². The monoisotopic (exact) mass is 199 g/mol. The summed E-state index contributed by atoms with van der Waals surface area (Å²) in [5, 5.41) is 8.51. The molecule has 1 heterocycles. The van der Waals surface area contributed by atoms with Gasteiger partial charge in [0.25, 0.3) is 0 Å². The normalized spacial score (nSPS) is 20.8. The molecule has 1 aliphatic rings. The van der Waals surface area contributed by atoms with E-state index in [1.165, 1.54) is 0 Å². The zero-order valence-corrected chi connectivity index (χ0v) is 8.40. The van der Waals surface area contributed by atoms with E-state index >= 15 is 0 Å². The first-order valence-corrected chi connectivity index (χ1v) is 4.32. The Hall–Kier alpha value is -1.39. The lowest BCUT2D eigenvalue weighted by Gasteiger charge is -2.24. The zero-order valence-electron chi connectivity index (χ0n) is 8.40. The average molecular weight is 199 g/mol. The Labute approximate surface area is 81.8 Å². The summed E-state index contributed by atoms with van der Waals surface area (Å²) in [5.41, 5.74) is -0.346. The third-order valence-corrected chi connectivity index (χ3v) is 1.62. The van der Waals surface area contributed by atoms with Crippen LogP contribution in [0.15, 0.2) is 4.99 Å². The van der Waals surface area contributed by atoms with E-state index in [0.717, 1.165) is 0 Å². The number of esters is 1. The summed E-state index contributed by atoms with van der Waals surface area (Å²) in [5.74, 6) is -1.52. The molecule has 1 unspecified atom stereocenters. The fourth-order valence-corrected chi connectivity index (χ4v) is 0.973. The Bertz CT molecular complexity index is 300. The van der Waals surface area contributed by atoms with E-state index in [4.69, 9.17) is 9.84 Å². The van der Waals surface area contributed by atoms with Gasteiger partial charge in [0, 0.05) is 6.42 Å². The SMILES string of the molecule is CC(C)(C)OC(=O)C1=NC(C(=O)O)C1. The van der Waals surface area contributed by atoms with Crippen LogP contribution in [0.2, 0.25) is 0 Å². The van der Waals surface area contributed by atoms with Gasteiger partial charge >= 0.3 is 11.9 Å². The first-order chi connectivity index (χ1) is 6.29. The number of carboxylic acids is 1. The molecular formula is C9H13NO4. The summed E-state index contributed by atoms with van der Waals surface area (Å²) in [6, 6.07) is -0.766. The Balaban J connectivity index is 2.51. The molecule has 0 spiro atoms. The van der Waals surface area contributed by atoms with Gasteiger partial charge in [-0.3, -0.25) is 4.99 Å². The lowest BCUT2D eigenvalue weighted by molar-refractivity contribution is -0.146. The van der Waals surface area contributed by atoms with Gasteiger partial charge in [0.15, 0.2) is 6.04 Å². The molecule has 0 aromatic carbocycles. The Kier molecular flexibility index (Phi) is 2.59.